The molecule has 0 unspecified atom stereocenters. The van der Waals surface area contributed by atoms with Gasteiger partial charge in [-0.2, -0.15) is 0 Å². The lowest BCUT2D eigenvalue weighted by atomic mass is 9.76. The van der Waals surface area contributed by atoms with Crippen molar-refractivity contribution in [2.45, 2.75) is 31.9 Å². The number of carbonyl (C=O) groups is 2. The molecule has 0 radical (unpaired) electrons. The number of carbonyl (C=O) groups excluding carboxylic acids is 2. The Morgan fingerprint density at radius 1 is 1.24 bits per heavy atom. The van der Waals surface area contributed by atoms with Crippen LogP contribution in [0.25, 0.3) is 0 Å². The predicted molar refractivity (Wildman–Crippen MR) is 76.3 cm³/mol. The molecule has 2 fully saturated rings. The molecule has 0 amide bonds. The van der Waals surface area contributed by atoms with Crippen LogP contribution in [0.4, 0.5) is 0 Å². The number of ether oxygens (including phenoxy) is 2. The van der Waals surface area contributed by atoms with Gasteiger partial charge in [0, 0.05) is 24.5 Å². The van der Waals surface area contributed by atoms with Crippen molar-refractivity contribution in [2.75, 3.05) is 21.2 Å². The molecule has 0 aromatic rings. The first-order chi connectivity index (χ1) is 9.93. The van der Waals surface area contributed by atoms with Crippen molar-refractivity contribution in [1.82, 2.24) is 4.90 Å². The van der Waals surface area contributed by atoms with Gasteiger partial charge >= 0.3 is 11.9 Å². The highest BCUT2D eigenvalue weighted by Crippen LogP contribution is 2.59. The van der Waals surface area contributed by atoms with Gasteiger partial charge in [0.2, 0.25) is 0 Å². The monoisotopic (exact) mass is 293 g/mol. The molecule has 0 saturated heterocycles. The van der Waals surface area contributed by atoms with Crippen LogP contribution in [0, 0.1) is 23.7 Å². The molecular formula is C16H23NO4. The van der Waals surface area contributed by atoms with E-state index in [9.17, 15) is 9.59 Å². The van der Waals surface area contributed by atoms with Crippen molar-refractivity contribution in [2.24, 2.45) is 23.7 Å². The number of hydrogen-bond acceptors (Lipinski definition) is 5. The number of rotatable bonds is 3. The molecule has 0 spiro atoms. The Morgan fingerprint density at radius 2 is 1.95 bits per heavy atom. The summed E-state index contributed by atoms with van der Waals surface area (Å²) in [5.74, 6) is 1.23. The molecule has 2 bridgehead atoms. The van der Waals surface area contributed by atoms with E-state index in [-0.39, 0.29) is 24.1 Å². The van der Waals surface area contributed by atoms with Crippen LogP contribution in [-0.2, 0) is 19.1 Å². The molecule has 0 aromatic heterocycles. The van der Waals surface area contributed by atoms with E-state index in [0.29, 0.717) is 23.7 Å². The number of likely N-dealkylation sites (N-methyl/N-ethyl adjacent to an activating group) is 1. The van der Waals surface area contributed by atoms with Crippen LogP contribution in [-0.4, -0.2) is 50.2 Å². The van der Waals surface area contributed by atoms with Crippen LogP contribution in [0.2, 0.25) is 0 Å². The van der Waals surface area contributed by atoms with Crippen molar-refractivity contribution in [3.05, 3.63) is 11.6 Å². The second-order valence-corrected chi connectivity index (χ2v) is 6.72. The normalized spacial score (nSPS) is 40.1. The smallest absolute Gasteiger partial charge is 0.333 e. The van der Waals surface area contributed by atoms with Gasteiger partial charge in [0.1, 0.15) is 6.10 Å². The van der Waals surface area contributed by atoms with Gasteiger partial charge in [-0.25, -0.2) is 4.79 Å². The van der Waals surface area contributed by atoms with Gasteiger partial charge in [-0.1, -0.05) is 6.08 Å². The highest BCUT2D eigenvalue weighted by atomic mass is 16.5. The molecule has 5 heteroatoms. The minimum atomic E-state index is -0.217. The van der Waals surface area contributed by atoms with Gasteiger partial charge in [0.05, 0.1) is 7.11 Å². The Hall–Kier alpha value is -1.36. The zero-order valence-corrected chi connectivity index (χ0v) is 13.0. The summed E-state index contributed by atoms with van der Waals surface area (Å²) < 4.78 is 10.5. The van der Waals surface area contributed by atoms with Crippen molar-refractivity contribution < 1.29 is 19.1 Å². The Kier molecular flexibility index (Phi) is 3.56. The molecular weight excluding hydrogens is 270 g/mol. The molecule has 0 heterocycles. The van der Waals surface area contributed by atoms with Crippen molar-refractivity contribution in [3.8, 4) is 0 Å². The van der Waals surface area contributed by atoms with Crippen LogP contribution >= 0.6 is 0 Å². The highest BCUT2D eigenvalue weighted by Gasteiger charge is 2.61. The first-order valence-corrected chi connectivity index (χ1v) is 7.56. The molecule has 21 heavy (non-hydrogen) atoms. The van der Waals surface area contributed by atoms with Crippen LogP contribution < -0.4 is 0 Å². The first kappa shape index (κ1) is 14.6. The molecule has 3 aliphatic rings. The van der Waals surface area contributed by atoms with E-state index >= 15 is 0 Å². The van der Waals surface area contributed by atoms with Crippen LogP contribution in [0.5, 0.6) is 0 Å². The molecule has 0 aromatic carbocycles. The van der Waals surface area contributed by atoms with Crippen LogP contribution in [0.1, 0.15) is 19.8 Å². The Morgan fingerprint density at radius 3 is 2.52 bits per heavy atom. The number of methoxy groups -OCH3 is 1. The van der Waals surface area contributed by atoms with Crippen LogP contribution in [0.3, 0.4) is 0 Å². The molecule has 5 nitrogen and oxygen atoms in total. The molecule has 0 N–H and O–H groups in total. The van der Waals surface area contributed by atoms with Crippen LogP contribution in [0.15, 0.2) is 11.6 Å². The van der Waals surface area contributed by atoms with Gasteiger partial charge in [-0.05, 0) is 44.7 Å². The lowest BCUT2D eigenvalue weighted by Gasteiger charge is -2.40. The second-order valence-electron chi connectivity index (χ2n) is 6.72. The largest absolute Gasteiger partial charge is 0.466 e. The van der Waals surface area contributed by atoms with Gasteiger partial charge in [-0.15, -0.1) is 0 Å². The number of nitrogens with zero attached hydrogens (tertiary/aromatic N) is 1. The second kappa shape index (κ2) is 5.13. The van der Waals surface area contributed by atoms with E-state index in [1.807, 2.05) is 14.1 Å². The van der Waals surface area contributed by atoms with Crippen molar-refractivity contribution >= 4 is 11.9 Å². The minimum Gasteiger partial charge on any atom is -0.466 e. The minimum absolute atomic E-state index is 0.0583. The zero-order chi connectivity index (χ0) is 15.3. The van der Waals surface area contributed by atoms with Gasteiger partial charge < -0.3 is 14.4 Å². The maximum Gasteiger partial charge on any atom is 0.333 e. The summed E-state index contributed by atoms with van der Waals surface area (Å²) in [6.07, 6.45) is 3.90. The average Bonchev–Trinajstić information content (AvgIpc) is 3.05. The molecule has 116 valence electrons. The topological polar surface area (TPSA) is 55.8 Å². The van der Waals surface area contributed by atoms with Gasteiger partial charge in [0.15, 0.2) is 0 Å². The fourth-order valence-electron chi connectivity index (χ4n) is 4.89. The van der Waals surface area contributed by atoms with Gasteiger partial charge in [0.25, 0.3) is 0 Å². The maximum absolute atomic E-state index is 11.8. The zero-order valence-electron chi connectivity index (χ0n) is 13.0. The Bertz CT molecular complexity index is 499. The third kappa shape index (κ3) is 2.18. The Balaban J connectivity index is 1.85. The third-order valence-electron chi connectivity index (χ3n) is 5.48. The molecule has 0 aliphatic heterocycles. The Labute approximate surface area is 125 Å². The first-order valence-electron chi connectivity index (χ1n) is 7.56. The predicted octanol–water partition coefficient (Wildman–Crippen LogP) is 1.23. The third-order valence-corrected chi connectivity index (χ3v) is 5.48. The quantitative estimate of drug-likeness (QED) is 0.733. The average molecular weight is 293 g/mol. The summed E-state index contributed by atoms with van der Waals surface area (Å²) in [5, 5.41) is 0. The SMILES string of the molecule is COC(=O)C1=C[C@@H]2[C@H]3C[C@H]([C@H]2C1)[C@H](N(C)C)[C@H]3OC(C)=O. The van der Waals surface area contributed by atoms with Gasteiger partial charge in [-0.3, -0.25) is 4.79 Å². The summed E-state index contributed by atoms with van der Waals surface area (Å²) in [7, 11) is 5.51. The van der Waals surface area contributed by atoms with E-state index in [1.165, 1.54) is 14.0 Å². The number of fused-ring (bicyclic) bond motifs is 5. The number of esters is 2. The molecule has 3 aliphatic carbocycles. The molecule has 2 saturated carbocycles. The van der Waals surface area contributed by atoms with E-state index in [0.717, 1.165) is 18.4 Å². The summed E-state index contributed by atoms with van der Waals surface area (Å²) in [6, 6.07) is 0.255. The lowest BCUT2D eigenvalue weighted by Crippen LogP contribution is -2.49. The summed E-state index contributed by atoms with van der Waals surface area (Å²) in [5.41, 5.74) is 0.795. The summed E-state index contributed by atoms with van der Waals surface area (Å²) in [4.78, 5) is 25.4. The van der Waals surface area contributed by atoms with E-state index in [4.69, 9.17) is 9.47 Å². The van der Waals surface area contributed by atoms with Crippen molar-refractivity contribution in [3.63, 3.8) is 0 Å². The number of hydrogen-bond donors (Lipinski definition) is 0. The summed E-state index contributed by atoms with van der Waals surface area (Å²) >= 11 is 0. The van der Waals surface area contributed by atoms with E-state index in [1.54, 1.807) is 0 Å². The fourth-order valence-corrected chi connectivity index (χ4v) is 4.89. The lowest BCUT2D eigenvalue weighted by molar-refractivity contribution is -0.154. The highest BCUT2D eigenvalue weighted by molar-refractivity contribution is 5.89. The van der Waals surface area contributed by atoms with E-state index < -0.39 is 0 Å². The standard InChI is InChI=1S/C16H23NO4/c1-8(18)21-15-13-7-12(14(15)17(2)3)10-5-9(6-11(10)13)16(19)20-4/h6,10-15H,5,7H2,1-4H3/t10-,11-,12+,13+,14-,15-/m0/s1. The maximum atomic E-state index is 11.8. The summed E-state index contributed by atoms with van der Waals surface area (Å²) in [6.45, 7) is 1.47. The number of allylic oxidation sites excluding steroid dienone is 1. The molecule has 3 rings (SSSR count). The fraction of sp³-hybridized carbons (Fsp3) is 0.750. The van der Waals surface area contributed by atoms with E-state index in [2.05, 4.69) is 11.0 Å². The molecule has 6 atom stereocenters. The van der Waals surface area contributed by atoms with Crippen molar-refractivity contribution in [1.29, 1.82) is 0 Å².